The first-order valence-electron chi connectivity index (χ1n) is 10.2. The second-order valence-electron chi connectivity index (χ2n) is 8.16. The number of aliphatic imine (C=N–C) groups is 1. The Labute approximate surface area is 185 Å². The summed E-state index contributed by atoms with van der Waals surface area (Å²) in [5, 5.41) is 15.3. The lowest BCUT2D eigenvalue weighted by molar-refractivity contribution is 0.0794. The second kappa shape index (κ2) is 8.43. The van der Waals surface area contributed by atoms with Crippen molar-refractivity contribution < 1.29 is 13.9 Å². The molecule has 0 radical (unpaired) electrons. The SMILES string of the molecule is CC1=N/C(=C2\CN(C(=O)c3ccc(F)cc3O[C@H]3CNC[C@@H]3C)CC2=N)NC(C)=C1Cl. The van der Waals surface area contributed by atoms with Crippen molar-refractivity contribution >= 4 is 28.9 Å². The topological polar surface area (TPSA) is 89.8 Å². The van der Waals surface area contributed by atoms with Gasteiger partial charge in [-0.2, -0.15) is 0 Å². The smallest absolute Gasteiger partial charge is 0.258 e. The average molecular weight is 446 g/mol. The number of rotatable bonds is 3. The van der Waals surface area contributed by atoms with E-state index in [4.69, 9.17) is 21.7 Å². The van der Waals surface area contributed by atoms with Crippen LogP contribution in [-0.2, 0) is 0 Å². The molecule has 0 saturated carbocycles. The summed E-state index contributed by atoms with van der Waals surface area (Å²) >= 11 is 6.19. The summed E-state index contributed by atoms with van der Waals surface area (Å²) in [6.45, 7) is 7.51. The molecule has 3 heterocycles. The largest absolute Gasteiger partial charge is 0.488 e. The van der Waals surface area contributed by atoms with Crippen molar-refractivity contribution in [2.75, 3.05) is 26.2 Å². The van der Waals surface area contributed by atoms with E-state index in [0.717, 1.165) is 12.2 Å². The molecule has 2 atom stereocenters. The number of nitrogens with zero attached hydrogens (tertiary/aromatic N) is 2. The van der Waals surface area contributed by atoms with Crippen LogP contribution in [0.25, 0.3) is 0 Å². The summed E-state index contributed by atoms with van der Waals surface area (Å²) in [6, 6.07) is 3.96. The Balaban J connectivity index is 1.59. The van der Waals surface area contributed by atoms with E-state index in [1.807, 2.05) is 13.8 Å². The molecule has 3 N–H and O–H groups in total. The van der Waals surface area contributed by atoms with Gasteiger partial charge in [0.2, 0.25) is 0 Å². The van der Waals surface area contributed by atoms with E-state index in [1.54, 1.807) is 11.8 Å². The van der Waals surface area contributed by atoms with E-state index in [0.29, 0.717) is 34.4 Å². The van der Waals surface area contributed by atoms with Gasteiger partial charge in [-0.25, -0.2) is 9.38 Å². The van der Waals surface area contributed by atoms with Crippen LogP contribution < -0.4 is 15.4 Å². The third-order valence-corrected chi connectivity index (χ3v) is 6.32. The maximum atomic E-state index is 13.9. The van der Waals surface area contributed by atoms with Gasteiger partial charge in [-0.1, -0.05) is 18.5 Å². The van der Waals surface area contributed by atoms with Crippen LogP contribution in [0.1, 0.15) is 31.1 Å². The van der Waals surface area contributed by atoms with Crippen LogP contribution in [-0.4, -0.2) is 54.5 Å². The third kappa shape index (κ3) is 4.22. The number of carbonyl (C=O) groups is 1. The molecule has 31 heavy (non-hydrogen) atoms. The van der Waals surface area contributed by atoms with Gasteiger partial charge < -0.3 is 25.7 Å². The number of carbonyl (C=O) groups excluding carboxylic acids is 1. The molecule has 0 unspecified atom stereocenters. The molecule has 3 aliphatic rings. The minimum Gasteiger partial charge on any atom is -0.488 e. The predicted molar refractivity (Wildman–Crippen MR) is 118 cm³/mol. The van der Waals surface area contributed by atoms with Gasteiger partial charge in [0.25, 0.3) is 5.91 Å². The van der Waals surface area contributed by atoms with Crippen LogP contribution in [0.2, 0.25) is 0 Å². The Morgan fingerprint density at radius 3 is 2.77 bits per heavy atom. The Bertz CT molecular complexity index is 1050. The van der Waals surface area contributed by atoms with Crippen LogP contribution in [0.4, 0.5) is 4.39 Å². The van der Waals surface area contributed by atoms with E-state index < -0.39 is 5.82 Å². The molecule has 7 nitrogen and oxygen atoms in total. The van der Waals surface area contributed by atoms with Gasteiger partial charge in [-0.15, -0.1) is 0 Å². The third-order valence-electron chi connectivity index (χ3n) is 5.77. The van der Waals surface area contributed by atoms with Crippen LogP contribution >= 0.6 is 11.6 Å². The first kappa shape index (κ1) is 21.5. The maximum Gasteiger partial charge on any atom is 0.258 e. The summed E-state index contributed by atoms with van der Waals surface area (Å²) in [5.41, 5.74) is 2.63. The van der Waals surface area contributed by atoms with E-state index in [2.05, 4.69) is 15.6 Å². The van der Waals surface area contributed by atoms with Crippen molar-refractivity contribution in [3.63, 3.8) is 0 Å². The molecule has 2 saturated heterocycles. The van der Waals surface area contributed by atoms with Crippen LogP contribution in [0.5, 0.6) is 5.75 Å². The highest BCUT2D eigenvalue weighted by molar-refractivity contribution is 6.43. The molecule has 164 valence electrons. The average Bonchev–Trinajstić information content (AvgIpc) is 3.31. The molecular weight excluding hydrogens is 421 g/mol. The summed E-state index contributed by atoms with van der Waals surface area (Å²) in [4.78, 5) is 19.3. The molecule has 0 aliphatic carbocycles. The highest BCUT2D eigenvalue weighted by Crippen LogP contribution is 2.28. The lowest BCUT2D eigenvalue weighted by Gasteiger charge is -2.22. The zero-order chi connectivity index (χ0) is 22.3. The molecule has 0 bridgehead atoms. The van der Waals surface area contributed by atoms with E-state index >= 15 is 0 Å². The normalized spacial score (nSPS) is 26.3. The van der Waals surface area contributed by atoms with Gasteiger partial charge in [-0.3, -0.25) is 4.79 Å². The van der Waals surface area contributed by atoms with Crippen molar-refractivity contribution in [3.8, 4) is 5.75 Å². The number of ether oxygens (including phenoxy) is 1. The summed E-state index contributed by atoms with van der Waals surface area (Å²) in [7, 11) is 0. The molecule has 0 aromatic heterocycles. The molecular formula is C22H25ClFN5O2. The first-order valence-corrected chi connectivity index (χ1v) is 10.6. The van der Waals surface area contributed by atoms with Gasteiger partial charge in [-0.05, 0) is 26.0 Å². The number of amides is 1. The highest BCUT2D eigenvalue weighted by atomic mass is 35.5. The number of allylic oxidation sites excluding steroid dienone is 2. The number of likely N-dealkylation sites (tertiary alicyclic amines) is 1. The van der Waals surface area contributed by atoms with Gasteiger partial charge in [0.15, 0.2) is 0 Å². The zero-order valence-electron chi connectivity index (χ0n) is 17.7. The Morgan fingerprint density at radius 2 is 2.10 bits per heavy atom. The summed E-state index contributed by atoms with van der Waals surface area (Å²) < 4.78 is 20.0. The van der Waals surface area contributed by atoms with Gasteiger partial charge >= 0.3 is 0 Å². The van der Waals surface area contributed by atoms with Crippen molar-refractivity contribution in [2.24, 2.45) is 10.9 Å². The number of nitrogens with one attached hydrogen (secondary N) is 3. The standard InChI is InChI=1S/C22H25ClFN5O2/c1-11-7-26-8-19(11)31-18-6-14(24)4-5-15(18)22(30)29-9-16(17(25)10-29)21-27-12(2)20(23)13(3)28-21/h4-6,11,19,25-27H,7-10H2,1-3H3/b21-16+,25-17?/t11-,19-/m0/s1. The van der Waals surface area contributed by atoms with Crippen molar-refractivity contribution in [3.05, 3.63) is 51.7 Å². The lowest BCUT2D eigenvalue weighted by atomic mass is 10.1. The first-order chi connectivity index (χ1) is 14.7. The van der Waals surface area contributed by atoms with Crippen molar-refractivity contribution in [1.29, 1.82) is 5.41 Å². The molecule has 1 aromatic carbocycles. The van der Waals surface area contributed by atoms with E-state index in [-0.39, 0.29) is 42.3 Å². The zero-order valence-corrected chi connectivity index (χ0v) is 18.4. The fourth-order valence-corrected chi connectivity index (χ4v) is 4.02. The molecule has 1 aromatic rings. The Morgan fingerprint density at radius 1 is 1.32 bits per heavy atom. The maximum absolute atomic E-state index is 13.9. The highest BCUT2D eigenvalue weighted by Gasteiger charge is 2.33. The number of hydrogen-bond acceptors (Lipinski definition) is 6. The molecule has 9 heteroatoms. The predicted octanol–water partition coefficient (Wildman–Crippen LogP) is 3.03. The van der Waals surface area contributed by atoms with Gasteiger partial charge in [0.05, 0.1) is 35.1 Å². The van der Waals surface area contributed by atoms with E-state index in [1.165, 1.54) is 18.2 Å². The minimum absolute atomic E-state index is 0.133. The molecule has 0 spiro atoms. The fourth-order valence-electron chi connectivity index (χ4n) is 3.93. The molecule has 3 aliphatic heterocycles. The Kier molecular flexibility index (Phi) is 5.85. The fraction of sp³-hybridized carbons (Fsp3) is 0.409. The van der Waals surface area contributed by atoms with Crippen molar-refractivity contribution in [2.45, 2.75) is 26.9 Å². The minimum atomic E-state index is -0.461. The van der Waals surface area contributed by atoms with Crippen LogP contribution in [0.15, 0.2) is 45.3 Å². The quantitative estimate of drug-likeness (QED) is 0.667. The van der Waals surface area contributed by atoms with Crippen LogP contribution in [0.3, 0.4) is 0 Å². The number of hydrogen-bond donors (Lipinski definition) is 3. The molecule has 2 fully saturated rings. The Hall–Kier alpha value is -2.71. The number of benzene rings is 1. The monoisotopic (exact) mass is 445 g/mol. The van der Waals surface area contributed by atoms with Gasteiger partial charge in [0, 0.05) is 36.3 Å². The summed E-state index contributed by atoms with van der Waals surface area (Å²) in [5.74, 6) is 0.243. The van der Waals surface area contributed by atoms with E-state index in [9.17, 15) is 9.18 Å². The van der Waals surface area contributed by atoms with Gasteiger partial charge in [0.1, 0.15) is 23.5 Å². The summed E-state index contributed by atoms with van der Waals surface area (Å²) in [6.07, 6.45) is -0.133. The number of halogens is 2. The molecule has 4 rings (SSSR count). The lowest BCUT2D eigenvalue weighted by Crippen LogP contribution is -2.31. The molecule has 1 amide bonds. The van der Waals surface area contributed by atoms with Crippen molar-refractivity contribution in [1.82, 2.24) is 15.5 Å². The second-order valence-corrected chi connectivity index (χ2v) is 8.54. The van der Waals surface area contributed by atoms with Crippen LogP contribution in [0, 0.1) is 17.1 Å².